The molecule has 150 valence electrons. The average molecular weight is 392 g/mol. The number of anilines is 1. The minimum absolute atomic E-state index is 0.240. The van der Waals surface area contributed by atoms with E-state index in [0.29, 0.717) is 23.2 Å². The molecule has 1 aromatic heterocycles. The molecule has 0 saturated carbocycles. The van der Waals surface area contributed by atoms with Gasteiger partial charge in [-0.3, -0.25) is 4.79 Å². The average Bonchev–Trinajstić information content (AvgIpc) is 3.28. The Morgan fingerprint density at radius 3 is 2.62 bits per heavy atom. The number of aromatic nitrogens is 2. The van der Waals surface area contributed by atoms with E-state index in [9.17, 15) is 4.79 Å². The number of amides is 1. The van der Waals surface area contributed by atoms with E-state index in [2.05, 4.69) is 20.4 Å². The summed E-state index contributed by atoms with van der Waals surface area (Å²) in [6.45, 7) is 1.82. The Morgan fingerprint density at radius 2 is 1.86 bits per heavy atom. The highest BCUT2D eigenvalue weighted by Crippen LogP contribution is 2.26. The van der Waals surface area contributed by atoms with Crippen LogP contribution in [0.1, 0.15) is 47.1 Å². The maximum atomic E-state index is 12.9. The monoisotopic (exact) mass is 392 g/mol. The molecule has 0 spiro atoms. The summed E-state index contributed by atoms with van der Waals surface area (Å²) in [5.41, 5.74) is 1.37. The van der Waals surface area contributed by atoms with E-state index < -0.39 is 6.04 Å². The lowest BCUT2D eigenvalue weighted by Crippen LogP contribution is -2.30. The van der Waals surface area contributed by atoms with Gasteiger partial charge < -0.3 is 19.4 Å². The molecule has 1 amide bonds. The van der Waals surface area contributed by atoms with Gasteiger partial charge in [-0.15, -0.1) is 5.10 Å². The molecule has 1 aliphatic heterocycles. The second-order valence-corrected chi connectivity index (χ2v) is 7.02. The highest BCUT2D eigenvalue weighted by molar-refractivity contribution is 5.95. The van der Waals surface area contributed by atoms with Gasteiger partial charge in [-0.2, -0.15) is 0 Å². The Balaban J connectivity index is 1.60. The number of hydrogen-bond acceptors (Lipinski definition) is 6. The quantitative estimate of drug-likeness (QED) is 0.691. The first-order valence-corrected chi connectivity index (χ1v) is 9.83. The highest BCUT2D eigenvalue weighted by Gasteiger charge is 2.25. The summed E-state index contributed by atoms with van der Waals surface area (Å²) < 4.78 is 11.2. The van der Waals surface area contributed by atoms with E-state index in [-0.39, 0.29) is 5.91 Å². The summed E-state index contributed by atoms with van der Waals surface area (Å²) in [7, 11) is 1.57. The van der Waals surface area contributed by atoms with Crippen molar-refractivity contribution in [1.82, 2.24) is 15.5 Å². The van der Waals surface area contributed by atoms with E-state index in [1.165, 1.54) is 6.42 Å². The standard InChI is InChI=1S/C22H24N4O3/c1-28-18-12-8-11-17(15-18)20(27)23-19(16-9-4-2-5-10-16)21-24-25-22(29-21)26-13-6-3-7-14-26/h2,4-5,8-12,15,19H,3,6-7,13-14H2,1H3,(H,23,27)/t19-/m0/s1. The second-order valence-electron chi connectivity index (χ2n) is 7.02. The molecule has 1 saturated heterocycles. The Bertz CT molecular complexity index is 951. The molecular formula is C22H24N4O3. The number of nitrogens with zero attached hydrogens (tertiary/aromatic N) is 3. The van der Waals surface area contributed by atoms with Crippen LogP contribution in [0.5, 0.6) is 5.75 Å². The van der Waals surface area contributed by atoms with Gasteiger partial charge in [-0.05, 0) is 43.0 Å². The zero-order chi connectivity index (χ0) is 20.1. The predicted octanol–water partition coefficient (Wildman–Crippen LogP) is 3.59. The zero-order valence-electron chi connectivity index (χ0n) is 16.4. The summed E-state index contributed by atoms with van der Waals surface area (Å²) in [6, 6.07) is 16.6. The van der Waals surface area contributed by atoms with Gasteiger partial charge in [-0.25, -0.2) is 0 Å². The fraction of sp³-hybridized carbons (Fsp3) is 0.318. The molecule has 0 aliphatic carbocycles. The summed E-state index contributed by atoms with van der Waals surface area (Å²) in [6.07, 6.45) is 3.46. The minimum Gasteiger partial charge on any atom is -0.497 e. The number of carbonyl (C=O) groups is 1. The molecule has 0 unspecified atom stereocenters. The van der Waals surface area contributed by atoms with Gasteiger partial charge in [0.15, 0.2) is 0 Å². The normalized spacial score (nSPS) is 15.0. The number of methoxy groups -OCH3 is 1. The van der Waals surface area contributed by atoms with Crippen molar-refractivity contribution in [2.45, 2.75) is 25.3 Å². The first kappa shape index (κ1) is 19.0. The van der Waals surface area contributed by atoms with Gasteiger partial charge in [0.1, 0.15) is 11.8 Å². The van der Waals surface area contributed by atoms with Crippen LogP contribution in [0.3, 0.4) is 0 Å². The summed E-state index contributed by atoms with van der Waals surface area (Å²) in [4.78, 5) is 15.0. The third-order valence-electron chi connectivity index (χ3n) is 5.04. The van der Waals surface area contributed by atoms with Crippen molar-refractivity contribution in [2.75, 3.05) is 25.1 Å². The summed E-state index contributed by atoms with van der Waals surface area (Å²) >= 11 is 0. The van der Waals surface area contributed by atoms with Crippen LogP contribution < -0.4 is 15.0 Å². The molecule has 1 atom stereocenters. The molecule has 29 heavy (non-hydrogen) atoms. The smallest absolute Gasteiger partial charge is 0.318 e. The predicted molar refractivity (Wildman–Crippen MR) is 109 cm³/mol. The van der Waals surface area contributed by atoms with Crippen molar-refractivity contribution < 1.29 is 13.9 Å². The topological polar surface area (TPSA) is 80.5 Å². The van der Waals surface area contributed by atoms with Gasteiger partial charge in [0.2, 0.25) is 5.89 Å². The molecule has 2 heterocycles. The van der Waals surface area contributed by atoms with E-state index in [1.54, 1.807) is 31.4 Å². The van der Waals surface area contributed by atoms with Crippen molar-refractivity contribution >= 4 is 11.9 Å². The van der Waals surface area contributed by atoms with Crippen LogP contribution in [-0.2, 0) is 0 Å². The van der Waals surface area contributed by atoms with Crippen molar-refractivity contribution in [3.8, 4) is 5.75 Å². The molecule has 1 fully saturated rings. The first-order chi connectivity index (χ1) is 14.2. The molecule has 0 bridgehead atoms. The fourth-order valence-electron chi connectivity index (χ4n) is 3.47. The van der Waals surface area contributed by atoms with E-state index in [4.69, 9.17) is 9.15 Å². The largest absolute Gasteiger partial charge is 0.497 e. The molecule has 2 aromatic carbocycles. The number of carbonyl (C=O) groups excluding carboxylic acids is 1. The summed E-state index contributed by atoms with van der Waals surface area (Å²) in [5, 5.41) is 11.5. The third kappa shape index (κ3) is 4.39. The van der Waals surface area contributed by atoms with Crippen LogP contribution in [0.2, 0.25) is 0 Å². The van der Waals surface area contributed by atoms with E-state index in [1.807, 2.05) is 30.3 Å². The Kier molecular flexibility index (Phi) is 5.74. The van der Waals surface area contributed by atoms with Crippen LogP contribution in [0.25, 0.3) is 0 Å². The van der Waals surface area contributed by atoms with E-state index in [0.717, 1.165) is 31.5 Å². The van der Waals surface area contributed by atoms with Gasteiger partial charge >= 0.3 is 6.01 Å². The molecule has 3 aromatic rings. The number of hydrogen-bond donors (Lipinski definition) is 1. The number of ether oxygens (including phenoxy) is 1. The number of nitrogens with one attached hydrogen (secondary N) is 1. The molecule has 7 nitrogen and oxygen atoms in total. The molecule has 1 N–H and O–H groups in total. The lowest BCUT2D eigenvalue weighted by atomic mass is 10.1. The summed E-state index contributed by atoms with van der Waals surface area (Å²) in [5.74, 6) is 0.752. The first-order valence-electron chi connectivity index (χ1n) is 9.83. The number of benzene rings is 2. The second kappa shape index (κ2) is 8.77. The SMILES string of the molecule is COc1cccc(C(=O)N[C@@H](c2ccccc2)c2nnc(N3CCCCC3)o2)c1. The minimum atomic E-state index is -0.541. The number of piperidine rings is 1. The van der Waals surface area contributed by atoms with E-state index >= 15 is 0 Å². The van der Waals surface area contributed by atoms with Gasteiger partial charge in [0.05, 0.1) is 7.11 Å². The van der Waals surface area contributed by atoms with Crippen molar-refractivity contribution in [2.24, 2.45) is 0 Å². The van der Waals surface area contributed by atoms with Gasteiger partial charge in [0, 0.05) is 18.7 Å². The maximum absolute atomic E-state index is 12.9. The molecule has 7 heteroatoms. The van der Waals surface area contributed by atoms with Crippen LogP contribution in [0, 0.1) is 0 Å². The van der Waals surface area contributed by atoms with Crippen LogP contribution in [0.15, 0.2) is 59.0 Å². The van der Waals surface area contributed by atoms with Crippen molar-refractivity contribution in [3.05, 3.63) is 71.6 Å². The Hall–Kier alpha value is -3.35. The van der Waals surface area contributed by atoms with Crippen molar-refractivity contribution in [1.29, 1.82) is 0 Å². The van der Waals surface area contributed by atoms with Crippen LogP contribution >= 0.6 is 0 Å². The lowest BCUT2D eigenvalue weighted by Gasteiger charge is -2.24. The third-order valence-corrected chi connectivity index (χ3v) is 5.04. The maximum Gasteiger partial charge on any atom is 0.318 e. The van der Waals surface area contributed by atoms with Crippen LogP contribution in [-0.4, -0.2) is 36.3 Å². The van der Waals surface area contributed by atoms with Crippen molar-refractivity contribution in [3.63, 3.8) is 0 Å². The molecule has 0 radical (unpaired) electrons. The van der Waals surface area contributed by atoms with Crippen LogP contribution in [0.4, 0.5) is 6.01 Å². The Morgan fingerprint density at radius 1 is 1.07 bits per heavy atom. The van der Waals surface area contributed by atoms with Gasteiger partial charge in [0.25, 0.3) is 5.91 Å². The lowest BCUT2D eigenvalue weighted by molar-refractivity contribution is 0.0937. The Labute approximate surface area is 169 Å². The highest BCUT2D eigenvalue weighted by atomic mass is 16.5. The molecular weight excluding hydrogens is 368 g/mol. The molecule has 4 rings (SSSR count). The van der Waals surface area contributed by atoms with Gasteiger partial charge in [-0.1, -0.05) is 41.5 Å². The zero-order valence-corrected chi connectivity index (χ0v) is 16.4. The fourth-order valence-corrected chi connectivity index (χ4v) is 3.47. The molecule has 1 aliphatic rings. The number of rotatable bonds is 6.